The van der Waals surface area contributed by atoms with Crippen LogP contribution in [0.2, 0.25) is 0 Å². The number of carbonyl (C=O) groups excluding carboxylic acids is 2. The molecule has 1 unspecified atom stereocenters. The summed E-state index contributed by atoms with van der Waals surface area (Å²) in [6, 6.07) is 5.43. The molecule has 0 radical (unpaired) electrons. The van der Waals surface area contributed by atoms with Gasteiger partial charge >= 0.3 is 6.03 Å². The van der Waals surface area contributed by atoms with Gasteiger partial charge in [-0.25, -0.2) is 9.18 Å². The first-order valence-corrected chi connectivity index (χ1v) is 7.94. The Hall–Kier alpha value is -2.11. The number of halogens is 2. The Bertz CT molecular complexity index is 625. The Morgan fingerprint density at radius 2 is 2.04 bits per heavy atom. The number of imide groups is 1. The van der Waals surface area contributed by atoms with Crippen molar-refractivity contribution in [3.63, 3.8) is 0 Å². The van der Waals surface area contributed by atoms with E-state index < -0.39 is 0 Å². The zero-order valence-electron chi connectivity index (χ0n) is 14.6. The van der Waals surface area contributed by atoms with E-state index in [1.54, 1.807) is 19.2 Å². The van der Waals surface area contributed by atoms with Crippen LogP contribution in [0.3, 0.4) is 0 Å². The van der Waals surface area contributed by atoms with Crippen molar-refractivity contribution in [2.75, 3.05) is 33.2 Å². The second kappa shape index (κ2) is 10.8. The van der Waals surface area contributed by atoms with E-state index in [0.29, 0.717) is 24.8 Å². The summed E-state index contributed by atoms with van der Waals surface area (Å²) in [7, 11) is 1.62. The highest BCUT2D eigenvalue weighted by molar-refractivity contribution is 14.0. The maximum absolute atomic E-state index is 12.9. The maximum atomic E-state index is 12.9. The number of ether oxygens (including phenoxy) is 1. The van der Waals surface area contributed by atoms with Gasteiger partial charge in [-0.2, -0.15) is 0 Å². The monoisotopic (exact) mass is 479 g/mol. The van der Waals surface area contributed by atoms with Gasteiger partial charge in [0.25, 0.3) is 0 Å². The first kappa shape index (κ1) is 21.9. The van der Waals surface area contributed by atoms with Gasteiger partial charge in [-0.1, -0.05) is 0 Å². The number of guanidine groups is 1. The number of hydrogen-bond donors (Lipinski definition) is 3. The third kappa shape index (κ3) is 6.65. The highest BCUT2D eigenvalue weighted by Gasteiger charge is 2.27. The van der Waals surface area contributed by atoms with Gasteiger partial charge in [-0.05, 0) is 31.2 Å². The Morgan fingerprint density at radius 1 is 1.35 bits per heavy atom. The quantitative estimate of drug-likeness (QED) is 0.234. The molecule has 10 heteroatoms. The van der Waals surface area contributed by atoms with Crippen LogP contribution < -0.4 is 20.7 Å². The fraction of sp³-hybridized carbons (Fsp3) is 0.438. The van der Waals surface area contributed by atoms with Crippen LogP contribution >= 0.6 is 24.0 Å². The van der Waals surface area contributed by atoms with Crippen molar-refractivity contribution in [3.8, 4) is 5.75 Å². The molecule has 3 N–H and O–H groups in total. The van der Waals surface area contributed by atoms with E-state index in [4.69, 9.17) is 4.74 Å². The molecule has 3 amide bonds. The summed E-state index contributed by atoms with van der Waals surface area (Å²) < 4.78 is 18.5. The van der Waals surface area contributed by atoms with Gasteiger partial charge in [0.2, 0.25) is 5.91 Å². The van der Waals surface area contributed by atoms with E-state index in [0.717, 1.165) is 4.90 Å². The zero-order chi connectivity index (χ0) is 18.2. The molecule has 2 rings (SSSR count). The van der Waals surface area contributed by atoms with Crippen LogP contribution in [0.5, 0.6) is 5.75 Å². The zero-order valence-corrected chi connectivity index (χ0v) is 17.0. The topological polar surface area (TPSA) is 95.1 Å². The lowest BCUT2D eigenvalue weighted by molar-refractivity contribution is -0.124. The number of nitrogens with zero attached hydrogens (tertiary/aromatic N) is 2. The standard InChI is InChI=1S/C16H22FN5O3.HI/c1-11(25-13-5-3-12(17)4-6-13)9-20-15(18-2)19-7-8-22-14(23)10-21-16(22)24;/h3-6,11H,7-10H2,1-2H3,(H,21,24)(H2,18,19,20);1H. The third-order valence-corrected chi connectivity index (χ3v) is 3.50. The van der Waals surface area contributed by atoms with Crippen LogP contribution in [0.4, 0.5) is 9.18 Å². The molecular formula is C16H23FIN5O3. The molecular weight excluding hydrogens is 456 g/mol. The molecule has 1 aromatic rings. The van der Waals surface area contributed by atoms with E-state index in [9.17, 15) is 14.0 Å². The molecule has 0 aliphatic carbocycles. The molecule has 8 nitrogen and oxygen atoms in total. The minimum Gasteiger partial charge on any atom is -0.489 e. The normalized spacial score (nSPS) is 15.2. The van der Waals surface area contributed by atoms with Crippen molar-refractivity contribution in [1.82, 2.24) is 20.9 Å². The van der Waals surface area contributed by atoms with E-state index in [2.05, 4.69) is 20.9 Å². The van der Waals surface area contributed by atoms with Crippen LogP contribution in [-0.2, 0) is 4.79 Å². The largest absolute Gasteiger partial charge is 0.489 e. The van der Waals surface area contributed by atoms with Crippen LogP contribution in [0.25, 0.3) is 0 Å². The van der Waals surface area contributed by atoms with E-state index in [1.807, 2.05) is 6.92 Å². The smallest absolute Gasteiger partial charge is 0.324 e. The number of aliphatic imine (C=N–C) groups is 1. The third-order valence-electron chi connectivity index (χ3n) is 3.50. The first-order valence-electron chi connectivity index (χ1n) is 7.94. The Labute approximate surface area is 168 Å². The molecule has 1 aromatic carbocycles. The number of urea groups is 1. The summed E-state index contributed by atoms with van der Waals surface area (Å²) in [5.74, 6) is 0.558. The number of nitrogens with one attached hydrogen (secondary N) is 3. The molecule has 1 saturated heterocycles. The second-order valence-electron chi connectivity index (χ2n) is 5.47. The lowest BCUT2D eigenvalue weighted by atomic mass is 10.3. The second-order valence-corrected chi connectivity index (χ2v) is 5.47. The Balaban J connectivity index is 0.00000338. The van der Waals surface area contributed by atoms with Crippen LogP contribution in [0.15, 0.2) is 29.3 Å². The molecule has 1 fully saturated rings. The van der Waals surface area contributed by atoms with Crippen LogP contribution in [0, 0.1) is 5.82 Å². The molecule has 1 aliphatic heterocycles. The molecule has 1 atom stereocenters. The molecule has 0 bridgehead atoms. The summed E-state index contributed by atoms with van der Waals surface area (Å²) in [4.78, 5) is 28.1. The van der Waals surface area contributed by atoms with Crippen molar-refractivity contribution in [2.45, 2.75) is 13.0 Å². The van der Waals surface area contributed by atoms with Crippen LogP contribution in [-0.4, -0.2) is 62.1 Å². The van der Waals surface area contributed by atoms with Crippen molar-refractivity contribution in [1.29, 1.82) is 0 Å². The van der Waals surface area contributed by atoms with Gasteiger partial charge in [-0.15, -0.1) is 24.0 Å². The number of amides is 3. The number of benzene rings is 1. The summed E-state index contributed by atoms with van der Waals surface area (Å²) in [6.45, 7) is 3.03. The first-order chi connectivity index (χ1) is 12.0. The molecule has 0 saturated carbocycles. The lowest BCUT2D eigenvalue weighted by Crippen LogP contribution is -2.45. The van der Waals surface area contributed by atoms with E-state index >= 15 is 0 Å². The van der Waals surface area contributed by atoms with Crippen LogP contribution in [0.1, 0.15) is 6.92 Å². The molecule has 26 heavy (non-hydrogen) atoms. The molecule has 1 heterocycles. The summed E-state index contributed by atoms with van der Waals surface area (Å²) >= 11 is 0. The Kier molecular flexibility index (Phi) is 9.10. The molecule has 144 valence electrons. The number of rotatable bonds is 7. The maximum Gasteiger partial charge on any atom is 0.324 e. The molecule has 0 spiro atoms. The van der Waals surface area contributed by atoms with Gasteiger partial charge in [0.1, 0.15) is 17.7 Å². The predicted octanol–water partition coefficient (Wildman–Crippen LogP) is 0.928. The number of hydrogen-bond acceptors (Lipinski definition) is 4. The van der Waals surface area contributed by atoms with Crippen molar-refractivity contribution in [3.05, 3.63) is 30.1 Å². The van der Waals surface area contributed by atoms with E-state index in [1.165, 1.54) is 12.1 Å². The summed E-state index contributed by atoms with van der Waals surface area (Å²) in [5.41, 5.74) is 0. The van der Waals surface area contributed by atoms with E-state index in [-0.39, 0.29) is 60.9 Å². The summed E-state index contributed by atoms with van der Waals surface area (Å²) in [5, 5.41) is 8.57. The highest BCUT2D eigenvalue weighted by atomic mass is 127. The average molecular weight is 479 g/mol. The van der Waals surface area contributed by atoms with Gasteiger partial charge in [-0.3, -0.25) is 14.7 Å². The van der Waals surface area contributed by atoms with Gasteiger partial charge in [0, 0.05) is 20.1 Å². The van der Waals surface area contributed by atoms with Gasteiger partial charge < -0.3 is 20.7 Å². The lowest BCUT2D eigenvalue weighted by Gasteiger charge is -2.18. The minimum absolute atomic E-state index is 0. The highest BCUT2D eigenvalue weighted by Crippen LogP contribution is 2.12. The molecule has 1 aliphatic rings. The van der Waals surface area contributed by atoms with Gasteiger partial charge in [0.05, 0.1) is 13.1 Å². The van der Waals surface area contributed by atoms with Crippen molar-refractivity contribution in [2.24, 2.45) is 4.99 Å². The minimum atomic E-state index is -0.379. The summed E-state index contributed by atoms with van der Waals surface area (Å²) in [6.07, 6.45) is -0.171. The SMILES string of the molecule is CN=C(NCCN1C(=O)CNC1=O)NCC(C)Oc1ccc(F)cc1.I. The number of carbonyl (C=O) groups is 2. The fourth-order valence-electron chi connectivity index (χ4n) is 2.22. The fourth-order valence-corrected chi connectivity index (χ4v) is 2.22. The van der Waals surface area contributed by atoms with Crippen molar-refractivity contribution < 1.29 is 18.7 Å². The molecule has 0 aromatic heterocycles. The van der Waals surface area contributed by atoms with Crippen molar-refractivity contribution >= 4 is 41.9 Å². The Morgan fingerprint density at radius 3 is 2.62 bits per heavy atom. The van der Waals surface area contributed by atoms with Gasteiger partial charge in [0.15, 0.2) is 5.96 Å². The predicted molar refractivity (Wildman–Crippen MR) is 106 cm³/mol. The average Bonchev–Trinajstić information content (AvgIpc) is 2.91.